The lowest BCUT2D eigenvalue weighted by molar-refractivity contribution is 0.590. The molecular formula is C20H19ClN2. The second-order valence-electron chi connectivity index (χ2n) is 6.62. The molecule has 0 radical (unpaired) electrons. The third-order valence-electron chi connectivity index (χ3n) is 3.87. The van der Waals surface area contributed by atoms with E-state index >= 15 is 0 Å². The number of benzene rings is 2. The summed E-state index contributed by atoms with van der Waals surface area (Å²) in [4.78, 5) is 0. The molecule has 0 spiro atoms. The molecule has 23 heavy (non-hydrogen) atoms. The Morgan fingerprint density at radius 1 is 0.783 bits per heavy atom. The van der Waals surface area contributed by atoms with Crippen molar-refractivity contribution in [1.82, 2.24) is 10.2 Å². The van der Waals surface area contributed by atoms with Crippen LogP contribution in [0.3, 0.4) is 0 Å². The summed E-state index contributed by atoms with van der Waals surface area (Å²) in [7, 11) is 0. The van der Waals surface area contributed by atoms with Crippen molar-refractivity contribution < 1.29 is 0 Å². The third kappa shape index (κ3) is 3.43. The van der Waals surface area contributed by atoms with Gasteiger partial charge in [0.15, 0.2) is 5.15 Å². The molecule has 3 rings (SSSR count). The smallest absolute Gasteiger partial charge is 0.148 e. The van der Waals surface area contributed by atoms with Crippen LogP contribution in [0.15, 0.2) is 60.7 Å². The van der Waals surface area contributed by atoms with Gasteiger partial charge in [-0.25, -0.2) is 0 Å². The summed E-state index contributed by atoms with van der Waals surface area (Å²) < 4.78 is 0. The van der Waals surface area contributed by atoms with Crippen molar-refractivity contribution >= 4 is 11.6 Å². The molecule has 1 heterocycles. The molecule has 0 aliphatic rings. The van der Waals surface area contributed by atoms with E-state index in [-0.39, 0.29) is 5.41 Å². The van der Waals surface area contributed by atoms with Crippen molar-refractivity contribution in [3.8, 4) is 22.4 Å². The molecule has 3 aromatic rings. The first-order valence-corrected chi connectivity index (χ1v) is 8.02. The van der Waals surface area contributed by atoms with Crippen molar-refractivity contribution in [2.45, 2.75) is 26.2 Å². The highest BCUT2D eigenvalue weighted by Gasteiger charge is 2.15. The Labute approximate surface area is 142 Å². The van der Waals surface area contributed by atoms with E-state index in [1.54, 1.807) is 0 Å². The quantitative estimate of drug-likeness (QED) is 0.599. The number of halogens is 1. The van der Waals surface area contributed by atoms with Crippen molar-refractivity contribution in [2.75, 3.05) is 0 Å². The van der Waals surface area contributed by atoms with Crippen LogP contribution in [0, 0.1) is 0 Å². The lowest BCUT2D eigenvalue weighted by atomic mass is 9.86. The van der Waals surface area contributed by atoms with Gasteiger partial charge in [0, 0.05) is 11.1 Å². The lowest BCUT2D eigenvalue weighted by Crippen LogP contribution is -2.10. The fourth-order valence-electron chi connectivity index (χ4n) is 2.55. The first-order chi connectivity index (χ1) is 10.9. The summed E-state index contributed by atoms with van der Waals surface area (Å²) in [5, 5.41) is 8.73. The predicted molar refractivity (Wildman–Crippen MR) is 96.6 cm³/mol. The zero-order chi connectivity index (χ0) is 16.4. The molecule has 1 aromatic heterocycles. The standard InChI is InChI=1S/C20H19ClN2/c1-20(2,3)16-11-9-14(10-12-16)17-13-18(21)22-23-19(17)15-7-5-4-6-8-15/h4-13H,1-3H3. The van der Waals surface area contributed by atoms with Crippen molar-refractivity contribution in [3.63, 3.8) is 0 Å². The van der Waals surface area contributed by atoms with Gasteiger partial charge in [0.1, 0.15) is 5.69 Å². The SMILES string of the molecule is CC(C)(C)c1ccc(-c2cc(Cl)nnc2-c2ccccc2)cc1. The largest absolute Gasteiger partial charge is 0.152 e. The number of aromatic nitrogens is 2. The van der Waals surface area contributed by atoms with E-state index in [1.165, 1.54) is 5.56 Å². The van der Waals surface area contributed by atoms with E-state index in [1.807, 2.05) is 36.4 Å². The predicted octanol–water partition coefficient (Wildman–Crippen LogP) is 5.76. The number of hydrogen-bond donors (Lipinski definition) is 0. The zero-order valence-corrected chi connectivity index (χ0v) is 14.3. The maximum absolute atomic E-state index is 6.08. The summed E-state index contributed by atoms with van der Waals surface area (Å²) in [6, 6.07) is 20.5. The molecule has 0 atom stereocenters. The van der Waals surface area contributed by atoms with Gasteiger partial charge < -0.3 is 0 Å². The third-order valence-corrected chi connectivity index (χ3v) is 4.06. The van der Waals surface area contributed by atoms with Crippen LogP contribution < -0.4 is 0 Å². The maximum atomic E-state index is 6.08. The Hall–Kier alpha value is -2.19. The van der Waals surface area contributed by atoms with Crippen molar-refractivity contribution in [2.24, 2.45) is 0 Å². The van der Waals surface area contributed by atoms with Gasteiger partial charge in [-0.1, -0.05) is 87.0 Å². The minimum Gasteiger partial charge on any atom is -0.148 e. The normalized spacial score (nSPS) is 11.5. The summed E-state index contributed by atoms with van der Waals surface area (Å²) in [6.45, 7) is 6.63. The summed E-state index contributed by atoms with van der Waals surface area (Å²) in [5.74, 6) is 0. The molecule has 0 amide bonds. The van der Waals surface area contributed by atoms with Crippen LogP contribution in [0.2, 0.25) is 5.15 Å². The van der Waals surface area contributed by atoms with Crippen molar-refractivity contribution in [1.29, 1.82) is 0 Å². The summed E-state index contributed by atoms with van der Waals surface area (Å²) in [5.41, 5.74) is 5.40. The van der Waals surface area contributed by atoms with Gasteiger partial charge in [-0.15, -0.1) is 10.2 Å². The Kier molecular flexibility index (Phi) is 4.18. The van der Waals surface area contributed by atoms with E-state index in [2.05, 4.69) is 55.2 Å². The van der Waals surface area contributed by atoms with Crippen LogP contribution in [0.1, 0.15) is 26.3 Å². The molecule has 0 aliphatic carbocycles. The Morgan fingerprint density at radius 2 is 1.43 bits per heavy atom. The molecule has 0 aliphatic heterocycles. The van der Waals surface area contributed by atoms with Crippen LogP contribution in [0.4, 0.5) is 0 Å². The molecular weight excluding hydrogens is 304 g/mol. The molecule has 0 bridgehead atoms. The maximum Gasteiger partial charge on any atom is 0.152 e. The van der Waals surface area contributed by atoms with Gasteiger partial charge in [0.05, 0.1) is 0 Å². The Morgan fingerprint density at radius 3 is 2.04 bits per heavy atom. The zero-order valence-electron chi connectivity index (χ0n) is 13.5. The highest BCUT2D eigenvalue weighted by atomic mass is 35.5. The van der Waals surface area contributed by atoms with Crippen LogP contribution in [0.5, 0.6) is 0 Å². The molecule has 0 saturated carbocycles. The van der Waals surface area contributed by atoms with E-state index in [4.69, 9.17) is 11.6 Å². The summed E-state index contributed by atoms with van der Waals surface area (Å²) >= 11 is 6.08. The van der Waals surface area contributed by atoms with Gasteiger partial charge in [-0.3, -0.25) is 0 Å². The Bertz CT molecular complexity index is 803. The average Bonchev–Trinajstić information content (AvgIpc) is 2.55. The highest BCUT2D eigenvalue weighted by molar-refractivity contribution is 6.29. The Balaban J connectivity index is 2.11. The van der Waals surface area contributed by atoms with Crippen LogP contribution in [0.25, 0.3) is 22.4 Å². The molecule has 0 saturated heterocycles. The average molecular weight is 323 g/mol. The molecule has 0 N–H and O–H groups in total. The van der Waals surface area contributed by atoms with Crippen molar-refractivity contribution in [3.05, 3.63) is 71.4 Å². The molecule has 0 unspecified atom stereocenters. The van der Waals surface area contributed by atoms with Gasteiger partial charge in [0.2, 0.25) is 0 Å². The van der Waals surface area contributed by atoms with E-state index in [9.17, 15) is 0 Å². The van der Waals surface area contributed by atoms with Gasteiger partial charge in [-0.2, -0.15) is 0 Å². The van der Waals surface area contributed by atoms with E-state index < -0.39 is 0 Å². The fraction of sp³-hybridized carbons (Fsp3) is 0.200. The molecule has 0 fully saturated rings. The van der Waals surface area contributed by atoms with Crippen LogP contribution in [-0.4, -0.2) is 10.2 Å². The molecule has 2 nitrogen and oxygen atoms in total. The second-order valence-corrected chi connectivity index (χ2v) is 7.01. The minimum absolute atomic E-state index is 0.134. The van der Waals surface area contributed by atoms with Gasteiger partial charge >= 0.3 is 0 Å². The fourth-order valence-corrected chi connectivity index (χ4v) is 2.69. The van der Waals surface area contributed by atoms with Crippen LogP contribution in [-0.2, 0) is 5.41 Å². The van der Waals surface area contributed by atoms with E-state index in [0.29, 0.717) is 5.15 Å². The highest BCUT2D eigenvalue weighted by Crippen LogP contribution is 2.32. The molecule has 2 aromatic carbocycles. The summed E-state index contributed by atoms with van der Waals surface area (Å²) in [6.07, 6.45) is 0. The monoisotopic (exact) mass is 322 g/mol. The number of hydrogen-bond acceptors (Lipinski definition) is 2. The van der Waals surface area contributed by atoms with Gasteiger partial charge in [0.25, 0.3) is 0 Å². The molecule has 3 heteroatoms. The number of nitrogens with zero attached hydrogens (tertiary/aromatic N) is 2. The van der Waals surface area contributed by atoms with Crippen LogP contribution >= 0.6 is 11.6 Å². The first-order valence-electron chi connectivity index (χ1n) is 7.65. The lowest BCUT2D eigenvalue weighted by Gasteiger charge is -2.19. The second kappa shape index (κ2) is 6.13. The van der Waals surface area contributed by atoms with Gasteiger partial charge in [-0.05, 0) is 22.6 Å². The first kappa shape index (κ1) is 15.7. The topological polar surface area (TPSA) is 25.8 Å². The number of rotatable bonds is 2. The molecule has 116 valence electrons. The van der Waals surface area contributed by atoms with E-state index in [0.717, 1.165) is 22.4 Å². The minimum atomic E-state index is 0.134.